The van der Waals surface area contributed by atoms with Gasteiger partial charge in [-0.25, -0.2) is 0 Å². The molecule has 20 heavy (non-hydrogen) atoms. The number of aromatic nitrogens is 2. The van der Waals surface area contributed by atoms with Crippen LogP contribution in [0.3, 0.4) is 0 Å². The predicted octanol–water partition coefficient (Wildman–Crippen LogP) is 2.24. The lowest BCUT2D eigenvalue weighted by Crippen LogP contribution is -2.25. The molecule has 0 spiro atoms. The molecule has 0 aliphatic rings. The van der Waals surface area contributed by atoms with Gasteiger partial charge in [0.1, 0.15) is 5.76 Å². The molecule has 0 unspecified atom stereocenters. The van der Waals surface area contributed by atoms with Gasteiger partial charge in [-0.3, -0.25) is 9.78 Å². The van der Waals surface area contributed by atoms with Gasteiger partial charge in [-0.1, -0.05) is 11.2 Å². The van der Waals surface area contributed by atoms with Crippen LogP contribution in [-0.2, 0) is 17.1 Å². The third kappa shape index (κ3) is 4.09. The van der Waals surface area contributed by atoms with Crippen molar-refractivity contribution in [2.24, 2.45) is 0 Å². The van der Waals surface area contributed by atoms with Crippen LogP contribution in [0.5, 0.6) is 0 Å². The first-order valence-electron chi connectivity index (χ1n) is 6.33. The predicted molar refractivity (Wildman–Crippen MR) is 78.2 cm³/mol. The molecule has 0 fully saturated rings. The molecule has 1 N–H and O–H groups in total. The van der Waals surface area contributed by atoms with Gasteiger partial charge in [-0.2, -0.15) is 0 Å². The van der Waals surface area contributed by atoms with Gasteiger partial charge in [-0.15, -0.1) is 11.8 Å². The summed E-state index contributed by atoms with van der Waals surface area (Å²) in [5.74, 6) is 1.98. The Morgan fingerprint density at radius 3 is 2.90 bits per heavy atom. The minimum absolute atomic E-state index is 0.00686. The molecule has 106 valence electrons. The summed E-state index contributed by atoms with van der Waals surface area (Å²) < 4.78 is 5.09. The SMILES string of the molecule is Cc1noc(C)c1CSCC(=O)NCc1ccccn1. The van der Waals surface area contributed by atoms with Crippen molar-refractivity contribution in [1.82, 2.24) is 15.5 Å². The van der Waals surface area contributed by atoms with E-state index < -0.39 is 0 Å². The summed E-state index contributed by atoms with van der Waals surface area (Å²) in [4.78, 5) is 15.9. The van der Waals surface area contributed by atoms with Crippen LogP contribution < -0.4 is 5.32 Å². The molecule has 0 atom stereocenters. The molecule has 2 rings (SSSR count). The second-order valence-electron chi connectivity index (χ2n) is 4.39. The van der Waals surface area contributed by atoms with E-state index in [2.05, 4.69) is 15.5 Å². The molecule has 0 aliphatic carbocycles. The fraction of sp³-hybridized carbons (Fsp3) is 0.357. The Kier molecular flexibility index (Phi) is 5.17. The van der Waals surface area contributed by atoms with Crippen molar-refractivity contribution in [3.05, 3.63) is 47.1 Å². The molecule has 0 saturated carbocycles. The van der Waals surface area contributed by atoms with Crippen molar-refractivity contribution >= 4 is 17.7 Å². The summed E-state index contributed by atoms with van der Waals surface area (Å²) in [5.41, 5.74) is 2.83. The molecular formula is C14H17N3O2S. The van der Waals surface area contributed by atoms with Gasteiger partial charge in [0.25, 0.3) is 0 Å². The largest absolute Gasteiger partial charge is 0.361 e. The summed E-state index contributed by atoms with van der Waals surface area (Å²) in [6.45, 7) is 4.26. The standard InChI is InChI=1S/C14H17N3O2S/c1-10-13(11(2)19-17-10)8-20-9-14(18)16-7-12-5-3-4-6-15-12/h3-6H,7-9H2,1-2H3,(H,16,18). The second kappa shape index (κ2) is 7.09. The van der Waals surface area contributed by atoms with E-state index in [0.717, 1.165) is 28.5 Å². The van der Waals surface area contributed by atoms with Crippen molar-refractivity contribution in [3.63, 3.8) is 0 Å². The summed E-state index contributed by atoms with van der Waals surface area (Å²) in [7, 11) is 0. The molecule has 2 aromatic heterocycles. The summed E-state index contributed by atoms with van der Waals surface area (Å²) in [6.07, 6.45) is 1.72. The second-order valence-corrected chi connectivity index (χ2v) is 5.38. The maximum absolute atomic E-state index is 11.7. The first kappa shape index (κ1) is 14.6. The molecule has 0 aliphatic heterocycles. The van der Waals surface area contributed by atoms with E-state index in [1.165, 1.54) is 0 Å². The van der Waals surface area contributed by atoms with Crippen LogP contribution in [0.4, 0.5) is 0 Å². The van der Waals surface area contributed by atoms with E-state index >= 15 is 0 Å². The van der Waals surface area contributed by atoms with E-state index in [4.69, 9.17) is 4.52 Å². The van der Waals surface area contributed by atoms with E-state index in [1.54, 1.807) is 18.0 Å². The highest BCUT2D eigenvalue weighted by Crippen LogP contribution is 2.19. The van der Waals surface area contributed by atoms with Gasteiger partial charge < -0.3 is 9.84 Å². The van der Waals surface area contributed by atoms with Crippen LogP contribution in [-0.4, -0.2) is 21.8 Å². The van der Waals surface area contributed by atoms with Gasteiger partial charge in [-0.05, 0) is 26.0 Å². The fourth-order valence-corrected chi connectivity index (χ4v) is 2.70. The third-order valence-corrected chi connectivity index (χ3v) is 3.81. The molecular weight excluding hydrogens is 274 g/mol. The maximum Gasteiger partial charge on any atom is 0.230 e. The fourth-order valence-electron chi connectivity index (χ4n) is 1.70. The number of thioether (sulfide) groups is 1. The Bertz CT molecular complexity index is 550. The molecule has 0 radical (unpaired) electrons. The van der Waals surface area contributed by atoms with Crippen LogP contribution in [0.25, 0.3) is 0 Å². The van der Waals surface area contributed by atoms with Crippen molar-refractivity contribution in [1.29, 1.82) is 0 Å². The highest BCUT2D eigenvalue weighted by molar-refractivity contribution is 7.99. The number of nitrogens with zero attached hydrogens (tertiary/aromatic N) is 2. The molecule has 1 amide bonds. The van der Waals surface area contributed by atoms with Crippen LogP contribution >= 0.6 is 11.8 Å². The highest BCUT2D eigenvalue weighted by atomic mass is 32.2. The average molecular weight is 291 g/mol. The summed E-state index contributed by atoms with van der Waals surface area (Å²) in [6, 6.07) is 5.64. The van der Waals surface area contributed by atoms with Gasteiger partial charge >= 0.3 is 0 Å². The topological polar surface area (TPSA) is 68.0 Å². The Morgan fingerprint density at radius 1 is 1.40 bits per heavy atom. The third-order valence-electron chi connectivity index (χ3n) is 2.85. The van der Waals surface area contributed by atoms with E-state index in [1.807, 2.05) is 32.0 Å². The number of hydrogen-bond donors (Lipinski definition) is 1. The first-order chi connectivity index (χ1) is 9.66. The summed E-state index contributed by atoms with van der Waals surface area (Å²) >= 11 is 1.55. The van der Waals surface area contributed by atoms with Crippen LogP contribution in [0, 0.1) is 13.8 Å². The lowest BCUT2D eigenvalue weighted by molar-refractivity contribution is -0.118. The number of rotatable bonds is 6. The van der Waals surface area contributed by atoms with Crippen molar-refractivity contribution in [2.75, 3.05) is 5.75 Å². The maximum atomic E-state index is 11.7. The molecule has 0 saturated heterocycles. The van der Waals surface area contributed by atoms with Crippen LogP contribution in [0.15, 0.2) is 28.9 Å². The van der Waals surface area contributed by atoms with Gasteiger partial charge in [0, 0.05) is 17.5 Å². The molecule has 2 aromatic rings. The Hall–Kier alpha value is -1.82. The molecule has 6 heteroatoms. The number of hydrogen-bond acceptors (Lipinski definition) is 5. The van der Waals surface area contributed by atoms with Gasteiger partial charge in [0.15, 0.2) is 0 Å². The minimum Gasteiger partial charge on any atom is -0.361 e. The van der Waals surface area contributed by atoms with Crippen molar-refractivity contribution in [2.45, 2.75) is 26.1 Å². The molecule has 2 heterocycles. The van der Waals surface area contributed by atoms with E-state index in [-0.39, 0.29) is 5.91 Å². The monoisotopic (exact) mass is 291 g/mol. The zero-order valence-corrected chi connectivity index (χ0v) is 12.4. The molecule has 0 aromatic carbocycles. The van der Waals surface area contributed by atoms with Gasteiger partial charge in [0.05, 0.1) is 23.7 Å². The highest BCUT2D eigenvalue weighted by Gasteiger charge is 2.10. The normalized spacial score (nSPS) is 10.5. The van der Waals surface area contributed by atoms with Gasteiger partial charge in [0.2, 0.25) is 5.91 Å². The Morgan fingerprint density at radius 2 is 2.25 bits per heavy atom. The lowest BCUT2D eigenvalue weighted by Gasteiger charge is -2.04. The number of aryl methyl sites for hydroxylation is 2. The van der Waals surface area contributed by atoms with Crippen LogP contribution in [0.1, 0.15) is 22.7 Å². The quantitative estimate of drug-likeness (QED) is 0.884. The summed E-state index contributed by atoms with van der Waals surface area (Å²) in [5, 5.41) is 6.74. The van der Waals surface area contributed by atoms with Crippen LogP contribution in [0.2, 0.25) is 0 Å². The number of carbonyl (C=O) groups excluding carboxylic acids is 1. The lowest BCUT2D eigenvalue weighted by atomic mass is 10.2. The molecule has 0 bridgehead atoms. The van der Waals surface area contributed by atoms with Crippen molar-refractivity contribution < 1.29 is 9.32 Å². The first-order valence-corrected chi connectivity index (χ1v) is 7.48. The number of amides is 1. The average Bonchev–Trinajstić information content (AvgIpc) is 2.78. The minimum atomic E-state index is 0.00686. The van der Waals surface area contributed by atoms with E-state index in [9.17, 15) is 4.79 Å². The number of nitrogens with one attached hydrogen (secondary N) is 1. The Labute approximate surface area is 122 Å². The van der Waals surface area contributed by atoms with Crippen molar-refractivity contribution in [3.8, 4) is 0 Å². The number of pyridine rings is 1. The van der Waals surface area contributed by atoms with E-state index in [0.29, 0.717) is 12.3 Å². The zero-order chi connectivity index (χ0) is 14.4. The number of carbonyl (C=O) groups is 1. The smallest absolute Gasteiger partial charge is 0.230 e. The molecule has 5 nitrogen and oxygen atoms in total. The zero-order valence-electron chi connectivity index (χ0n) is 11.5. The Balaban J connectivity index is 1.71.